The summed E-state index contributed by atoms with van der Waals surface area (Å²) in [5.41, 5.74) is 7.21. The third kappa shape index (κ3) is 3.62. The molecule has 2 aromatic carbocycles. The van der Waals surface area contributed by atoms with Crippen LogP contribution >= 0.6 is 23.4 Å². The summed E-state index contributed by atoms with van der Waals surface area (Å²) in [6.07, 6.45) is 1.92. The molecular weight excluding hydrogens is 308 g/mol. The lowest BCUT2D eigenvalue weighted by molar-refractivity contribution is 0.302. The number of hydrogen-bond donors (Lipinski definition) is 2. The Morgan fingerprint density at radius 3 is 2.71 bits per heavy atom. The average molecular weight is 323 g/mol. The van der Waals surface area contributed by atoms with E-state index in [4.69, 9.17) is 27.3 Å². The van der Waals surface area contributed by atoms with Crippen LogP contribution in [-0.2, 0) is 6.61 Å². The monoisotopic (exact) mass is 322 g/mol. The first-order chi connectivity index (χ1) is 10.2. The molecule has 0 aliphatic carbocycles. The van der Waals surface area contributed by atoms with Gasteiger partial charge < -0.3 is 15.7 Å². The van der Waals surface area contributed by atoms with Gasteiger partial charge in [0.25, 0.3) is 0 Å². The quantitative estimate of drug-likeness (QED) is 0.289. The van der Waals surface area contributed by atoms with Gasteiger partial charge in [-0.3, -0.25) is 0 Å². The van der Waals surface area contributed by atoms with Gasteiger partial charge in [-0.25, -0.2) is 0 Å². The molecule has 21 heavy (non-hydrogen) atoms. The number of amidine groups is 1. The lowest BCUT2D eigenvalue weighted by Crippen LogP contribution is -2.16. The molecular formula is C15H15ClN2O2S. The van der Waals surface area contributed by atoms with Crippen LogP contribution in [0.1, 0.15) is 11.1 Å². The maximum absolute atomic E-state index is 8.94. The summed E-state index contributed by atoms with van der Waals surface area (Å²) in [5, 5.41) is 12.7. The standard InChI is InChI=1S/C15H15ClN2O2S/c1-21-13-8-4-7-12(14(13)15(17)18-19)20-9-10-5-2-3-6-11(10)16/h2-8,19H,9H2,1H3,(H2,17,18). The summed E-state index contributed by atoms with van der Waals surface area (Å²) in [6, 6.07) is 13.0. The molecule has 0 aromatic heterocycles. The summed E-state index contributed by atoms with van der Waals surface area (Å²) < 4.78 is 5.80. The van der Waals surface area contributed by atoms with E-state index >= 15 is 0 Å². The molecule has 3 N–H and O–H groups in total. The number of ether oxygens (including phenoxy) is 1. The van der Waals surface area contributed by atoms with Gasteiger partial charge in [0.05, 0.1) is 5.56 Å². The van der Waals surface area contributed by atoms with Crippen molar-refractivity contribution < 1.29 is 9.94 Å². The molecule has 0 bridgehead atoms. The topological polar surface area (TPSA) is 67.8 Å². The molecule has 0 atom stereocenters. The van der Waals surface area contributed by atoms with Crippen molar-refractivity contribution in [2.24, 2.45) is 10.9 Å². The number of nitrogens with zero attached hydrogens (tertiary/aromatic N) is 1. The first-order valence-electron chi connectivity index (χ1n) is 6.18. The van der Waals surface area contributed by atoms with Crippen LogP contribution in [0.3, 0.4) is 0 Å². The first-order valence-corrected chi connectivity index (χ1v) is 7.78. The Labute approximate surface area is 132 Å². The summed E-state index contributed by atoms with van der Waals surface area (Å²) in [6.45, 7) is 0.309. The molecule has 6 heteroatoms. The Balaban J connectivity index is 2.30. The van der Waals surface area contributed by atoms with Crippen molar-refractivity contribution in [3.63, 3.8) is 0 Å². The minimum Gasteiger partial charge on any atom is -0.488 e. The molecule has 0 aliphatic heterocycles. The molecule has 0 aliphatic rings. The van der Waals surface area contributed by atoms with Crippen LogP contribution in [0, 0.1) is 0 Å². The molecule has 0 saturated heterocycles. The van der Waals surface area contributed by atoms with Crippen molar-refractivity contribution >= 4 is 29.2 Å². The van der Waals surface area contributed by atoms with E-state index in [-0.39, 0.29) is 5.84 Å². The number of oxime groups is 1. The molecule has 2 rings (SSSR count). The number of nitrogens with two attached hydrogens (primary N) is 1. The zero-order chi connectivity index (χ0) is 15.2. The van der Waals surface area contributed by atoms with Gasteiger partial charge in [0, 0.05) is 15.5 Å². The highest BCUT2D eigenvalue weighted by Crippen LogP contribution is 2.29. The second-order valence-corrected chi connectivity index (χ2v) is 5.45. The summed E-state index contributed by atoms with van der Waals surface area (Å²) >= 11 is 7.61. The predicted molar refractivity (Wildman–Crippen MR) is 86.5 cm³/mol. The number of hydrogen-bond acceptors (Lipinski definition) is 4. The number of thioether (sulfide) groups is 1. The van der Waals surface area contributed by atoms with E-state index in [1.807, 2.05) is 42.7 Å². The van der Waals surface area contributed by atoms with Gasteiger partial charge in [0.15, 0.2) is 5.84 Å². The summed E-state index contributed by atoms with van der Waals surface area (Å²) in [4.78, 5) is 0.877. The minimum absolute atomic E-state index is 0.0223. The van der Waals surface area contributed by atoms with Crippen LogP contribution in [0.5, 0.6) is 5.75 Å². The summed E-state index contributed by atoms with van der Waals surface area (Å²) in [7, 11) is 0. The van der Waals surface area contributed by atoms with Crippen LogP contribution in [0.15, 0.2) is 52.5 Å². The lowest BCUT2D eigenvalue weighted by Gasteiger charge is -2.14. The largest absolute Gasteiger partial charge is 0.488 e. The highest BCUT2D eigenvalue weighted by atomic mass is 35.5. The van der Waals surface area contributed by atoms with E-state index in [9.17, 15) is 0 Å². The third-order valence-electron chi connectivity index (χ3n) is 2.91. The highest BCUT2D eigenvalue weighted by Gasteiger charge is 2.14. The first kappa shape index (κ1) is 15.5. The predicted octanol–water partition coefficient (Wildman–Crippen LogP) is 3.74. The highest BCUT2D eigenvalue weighted by molar-refractivity contribution is 7.98. The van der Waals surface area contributed by atoms with Gasteiger partial charge >= 0.3 is 0 Å². The van der Waals surface area contributed by atoms with Crippen LogP contribution in [0.25, 0.3) is 0 Å². The van der Waals surface area contributed by atoms with Crippen LogP contribution < -0.4 is 10.5 Å². The Bertz CT molecular complexity index is 662. The van der Waals surface area contributed by atoms with E-state index < -0.39 is 0 Å². The number of halogens is 1. The van der Waals surface area contributed by atoms with Crippen LogP contribution in [-0.4, -0.2) is 17.3 Å². The molecule has 4 nitrogen and oxygen atoms in total. The lowest BCUT2D eigenvalue weighted by atomic mass is 10.2. The normalized spacial score (nSPS) is 11.4. The van der Waals surface area contributed by atoms with Crippen molar-refractivity contribution in [3.8, 4) is 5.75 Å². The number of benzene rings is 2. The van der Waals surface area contributed by atoms with Gasteiger partial charge in [-0.1, -0.05) is 41.0 Å². The van der Waals surface area contributed by atoms with Crippen molar-refractivity contribution in [1.82, 2.24) is 0 Å². The third-order valence-corrected chi connectivity index (χ3v) is 4.06. The fourth-order valence-electron chi connectivity index (χ4n) is 1.87. The molecule has 110 valence electrons. The maximum Gasteiger partial charge on any atom is 0.174 e. The van der Waals surface area contributed by atoms with E-state index in [0.717, 1.165) is 10.5 Å². The van der Waals surface area contributed by atoms with Crippen LogP contribution in [0.4, 0.5) is 0 Å². The molecule has 0 spiro atoms. The second kappa shape index (κ2) is 7.24. The Kier molecular flexibility index (Phi) is 5.36. The van der Waals surface area contributed by atoms with E-state index in [1.165, 1.54) is 11.8 Å². The fraction of sp³-hybridized carbons (Fsp3) is 0.133. The van der Waals surface area contributed by atoms with E-state index in [0.29, 0.717) is 22.9 Å². The van der Waals surface area contributed by atoms with E-state index in [2.05, 4.69) is 5.16 Å². The Morgan fingerprint density at radius 2 is 2.05 bits per heavy atom. The van der Waals surface area contributed by atoms with Crippen LogP contribution in [0.2, 0.25) is 5.02 Å². The molecule has 2 aromatic rings. The Hall–Kier alpha value is -1.85. The zero-order valence-corrected chi connectivity index (χ0v) is 13.0. The molecule has 0 unspecified atom stereocenters. The number of rotatable bonds is 5. The molecule has 0 amide bonds. The molecule has 0 heterocycles. The van der Waals surface area contributed by atoms with Gasteiger partial charge in [-0.05, 0) is 24.5 Å². The Morgan fingerprint density at radius 1 is 1.29 bits per heavy atom. The second-order valence-electron chi connectivity index (χ2n) is 4.20. The van der Waals surface area contributed by atoms with E-state index in [1.54, 1.807) is 6.07 Å². The molecule has 0 saturated carbocycles. The molecule has 0 fully saturated rings. The fourth-order valence-corrected chi connectivity index (χ4v) is 2.69. The zero-order valence-electron chi connectivity index (χ0n) is 11.4. The SMILES string of the molecule is CSc1cccc(OCc2ccccc2Cl)c1/C(N)=N/O. The van der Waals surface area contributed by atoms with Gasteiger partial charge in [-0.15, -0.1) is 11.8 Å². The minimum atomic E-state index is 0.0223. The molecule has 0 radical (unpaired) electrons. The maximum atomic E-state index is 8.94. The van der Waals surface area contributed by atoms with Crippen molar-refractivity contribution in [3.05, 3.63) is 58.6 Å². The van der Waals surface area contributed by atoms with Gasteiger partial charge in [0.1, 0.15) is 12.4 Å². The van der Waals surface area contributed by atoms with Crippen molar-refractivity contribution in [2.45, 2.75) is 11.5 Å². The van der Waals surface area contributed by atoms with Gasteiger partial charge in [-0.2, -0.15) is 0 Å². The summed E-state index contributed by atoms with van der Waals surface area (Å²) in [5.74, 6) is 0.575. The van der Waals surface area contributed by atoms with Crippen molar-refractivity contribution in [1.29, 1.82) is 0 Å². The average Bonchev–Trinajstić information content (AvgIpc) is 2.53. The smallest absolute Gasteiger partial charge is 0.174 e. The van der Waals surface area contributed by atoms with Gasteiger partial charge in [0.2, 0.25) is 0 Å². The van der Waals surface area contributed by atoms with Crippen molar-refractivity contribution in [2.75, 3.05) is 6.26 Å².